The number of halogens is 2. The molecule has 1 saturated carbocycles. The summed E-state index contributed by atoms with van der Waals surface area (Å²) in [5, 5.41) is 3.06. The molecule has 0 heterocycles. The zero-order valence-corrected chi connectivity index (χ0v) is 14.4. The summed E-state index contributed by atoms with van der Waals surface area (Å²) in [6.45, 7) is 0.656. The number of carbonyl (C=O) groups is 1. The molecule has 4 heteroatoms. The number of nitrogens with one attached hydrogen (secondary N) is 1. The van der Waals surface area contributed by atoms with Gasteiger partial charge in [-0.15, -0.1) is 0 Å². The molecule has 2 aromatic carbocycles. The SMILES string of the molecule is O=C(Cc1ccc(F)cc1)NCC1(c2cccc(Br)c2)CCC1. The molecule has 0 aromatic heterocycles. The highest BCUT2D eigenvalue weighted by Crippen LogP contribution is 2.43. The maximum atomic E-state index is 12.9. The van der Waals surface area contributed by atoms with Crippen LogP contribution in [0.5, 0.6) is 0 Å². The van der Waals surface area contributed by atoms with Crippen LogP contribution in [-0.2, 0) is 16.6 Å². The van der Waals surface area contributed by atoms with Gasteiger partial charge in [0.05, 0.1) is 6.42 Å². The van der Waals surface area contributed by atoms with Gasteiger partial charge in [0.2, 0.25) is 5.91 Å². The topological polar surface area (TPSA) is 29.1 Å². The lowest BCUT2D eigenvalue weighted by atomic mass is 9.64. The number of carbonyl (C=O) groups excluding carboxylic acids is 1. The summed E-state index contributed by atoms with van der Waals surface area (Å²) in [4.78, 5) is 12.2. The summed E-state index contributed by atoms with van der Waals surface area (Å²) < 4.78 is 14.0. The van der Waals surface area contributed by atoms with E-state index in [2.05, 4.69) is 33.4 Å². The minimum atomic E-state index is -0.280. The second-order valence-corrected chi connectivity index (χ2v) is 7.14. The van der Waals surface area contributed by atoms with Crippen molar-refractivity contribution in [2.75, 3.05) is 6.54 Å². The van der Waals surface area contributed by atoms with Gasteiger partial charge in [-0.2, -0.15) is 0 Å². The first-order valence-electron chi connectivity index (χ1n) is 7.85. The van der Waals surface area contributed by atoms with Crippen molar-refractivity contribution in [2.45, 2.75) is 31.1 Å². The molecule has 0 radical (unpaired) electrons. The normalized spacial score (nSPS) is 15.7. The number of benzene rings is 2. The zero-order chi connectivity index (χ0) is 16.3. The summed E-state index contributed by atoms with van der Waals surface area (Å²) in [5.41, 5.74) is 2.16. The molecule has 0 spiro atoms. The van der Waals surface area contributed by atoms with Crippen molar-refractivity contribution in [3.05, 3.63) is 69.9 Å². The second kappa shape index (κ2) is 6.83. The third kappa shape index (κ3) is 3.81. The van der Waals surface area contributed by atoms with E-state index in [0.29, 0.717) is 6.54 Å². The van der Waals surface area contributed by atoms with E-state index in [9.17, 15) is 9.18 Å². The van der Waals surface area contributed by atoms with Crippen LogP contribution in [0.25, 0.3) is 0 Å². The van der Waals surface area contributed by atoms with E-state index >= 15 is 0 Å². The highest BCUT2D eigenvalue weighted by Gasteiger charge is 2.38. The Hall–Kier alpha value is -1.68. The lowest BCUT2D eigenvalue weighted by molar-refractivity contribution is -0.120. The van der Waals surface area contributed by atoms with Crippen molar-refractivity contribution in [3.63, 3.8) is 0 Å². The minimum absolute atomic E-state index is 0.0159. The zero-order valence-electron chi connectivity index (χ0n) is 12.8. The predicted molar refractivity (Wildman–Crippen MR) is 92.8 cm³/mol. The van der Waals surface area contributed by atoms with Crippen molar-refractivity contribution in [2.24, 2.45) is 0 Å². The van der Waals surface area contributed by atoms with Gasteiger partial charge < -0.3 is 5.32 Å². The maximum Gasteiger partial charge on any atom is 0.224 e. The Balaban J connectivity index is 1.62. The first-order valence-corrected chi connectivity index (χ1v) is 8.64. The Bertz CT molecular complexity index is 695. The molecule has 1 aliphatic carbocycles. The molecule has 3 rings (SSSR count). The molecule has 2 aromatic rings. The Morgan fingerprint density at radius 1 is 1.17 bits per heavy atom. The second-order valence-electron chi connectivity index (χ2n) is 6.22. The van der Waals surface area contributed by atoms with Gasteiger partial charge in [-0.3, -0.25) is 4.79 Å². The molecule has 23 heavy (non-hydrogen) atoms. The van der Waals surface area contributed by atoms with E-state index in [0.717, 1.165) is 22.9 Å². The highest BCUT2D eigenvalue weighted by atomic mass is 79.9. The molecule has 1 N–H and O–H groups in total. The smallest absolute Gasteiger partial charge is 0.224 e. The minimum Gasteiger partial charge on any atom is -0.355 e. The molecule has 1 fully saturated rings. The fourth-order valence-electron chi connectivity index (χ4n) is 3.11. The molecule has 1 amide bonds. The quantitative estimate of drug-likeness (QED) is 0.825. The van der Waals surface area contributed by atoms with Gasteiger partial charge in [0.1, 0.15) is 5.82 Å². The molecule has 0 bridgehead atoms. The number of hydrogen-bond acceptors (Lipinski definition) is 1. The van der Waals surface area contributed by atoms with Crippen LogP contribution >= 0.6 is 15.9 Å². The largest absolute Gasteiger partial charge is 0.355 e. The number of amides is 1. The summed E-state index contributed by atoms with van der Waals surface area (Å²) >= 11 is 3.52. The molecular weight excluding hydrogens is 357 g/mol. The highest BCUT2D eigenvalue weighted by molar-refractivity contribution is 9.10. The van der Waals surface area contributed by atoms with E-state index in [1.165, 1.54) is 24.1 Å². The fourth-order valence-corrected chi connectivity index (χ4v) is 3.51. The summed E-state index contributed by atoms with van der Waals surface area (Å²) in [7, 11) is 0. The average molecular weight is 376 g/mol. The van der Waals surface area contributed by atoms with E-state index in [1.54, 1.807) is 12.1 Å². The summed E-state index contributed by atoms with van der Waals surface area (Å²) in [6, 6.07) is 14.4. The van der Waals surface area contributed by atoms with Crippen molar-refractivity contribution in [1.82, 2.24) is 5.32 Å². The molecule has 0 aliphatic heterocycles. The number of rotatable bonds is 5. The van der Waals surface area contributed by atoms with Gasteiger partial charge in [0.15, 0.2) is 0 Å². The summed E-state index contributed by atoms with van der Waals surface area (Å²) in [6.07, 6.45) is 3.68. The van der Waals surface area contributed by atoms with Crippen LogP contribution in [0.3, 0.4) is 0 Å². The van der Waals surface area contributed by atoms with Crippen LogP contribution in [0.15, 0.2) is 53.0 Å². The summed E-state index contributed by atoms with van der Waals surface area (Å²) in [5.74, 6) is -0.296. The van der Waals surface area contributed by atoms with E-state index in [1.807, 2.05) is 12.1 Å². The standard InChI is InChI=1S/C19H19BrFNO/c20-16-4-1-3-15(12-16)19(9-2-10-19)13-22-18(23)11-14-5-7-17(21)8-6-14/h1,3-8,12H,2,9-11,13H2,(H,22,23). The molecular formula is C19H19BrFNO. The van der Waals surface area contributed by atoms with Crippen molar-refractivity contribution < 1.29 is 9.18 Å². The molecule has 120 valence electrons. The van der Waals surface area contributed by atoms with Crippen LogP contribution in [0.2, 0.25) is 0 Å². The first-order chi connectivity index (χ1) is 11.1. The van der Waals surface area contributed by atoms with Gasteiger partial charge in [0.25, 0.3) is 0 Å². The maximum absolute atomic E-state index is 12.9. The van der Waals surface area contributed by atoms with Gasteiger partial charge in [0, 0.05) is 16.4 Å². The Morgan fingerprint density at radius 2 is 1.91 bits per heavy atom. The predicted octanol–water partition coefficient (Wildman–Crippen LogP) is 4.37. The van der Waals surface area contributed by atoms with Crippen molar-refractivity contribution >= 4 is 21.8 Å². The van der Waals surface area contributed by atoms with E-state index in [-0.39, 0.29) is 23.6 Å². The van der Waals surface area contributed by atoms with Gasteiger partial charge in [-0.05, 0) is 48.2 Å². The molecule has 0 unspecified atom stereocenters. The third-order valence-electron chi connectivity index (χ3n) is 4.65. The van der Waals surface area contributed by atoms with Gasteiger partial charge in [-0.25, -0.2) is 4.39 Å². The van der Waals surface area contributed by atoms with Crippen molar-refractivity contribution in [1.29, 1.82) is 0 Å². The van der Waals surface area contributed by atoms with Gasteiger partial charge in [-0.1, -0.05) is 46.6 Å². The van der Waals surface area contributed by atoms with Gasteiger partial charge >= 0.3 is 0 Å². The fraction of sp³-hybridized carbons (Fsp3) is 0.316. The van der Waals surface area contributed by atoms with Crippen LogP contribution < -0.4 is 5.32 Å². The van der Waals surface area contributed by atoms with E-state index < -0.39 is 0 Å². The molecule has 0 saturated heterocycles. The van der Waals surface area contributed by atoms with Crippen LogP contribution in [0.1, 0.15) is 30.4 Å². The van der Waals surface area contributed by atoms with Crippen LogP contribution in [-0.4, -0.2) is 12.5 Å². The Labute approximate surface area is 144 Å². The third-order valence-corrected chi connectivity index (χ3v) is 5.14. The first kappa shape index (κ1) is 16.2. The molecule has 2 nitrogen and oxygen atoms in total. The lowest BCUT2D eigenvalue weighted by Crippen LogP contribution is -2.45. The monoisotopic (exact) mass is 375 g/mol. The molecule has 1 aliphatic rings. The van der Waals surface area contributed by atoms with E-state index in [4.69, 9.17) is 0 Å². The van der Waals surface area contributed by atoms with Crippen molar-refractivity contribution in [3.8, 4) is 0 Å². The Morgan fingerprint density at radius 3 is 2.52 bits per heavy atom. The lowest BCUT2D eigenvalue weighted by Gasteiger charge is -2.42. The average Bonchev–Trinajstić information content (AvgIpc) is 2.49. The number of hydrogen-bond donors (Lipinski definition) is 1. The van der Waals surface area contributed by atoms with Crippen LogP contribution in [0.4, 0.5) is 4.39 Å². The molecule has 0 atom stereocenters. The Kier molecular flexibility index (Phi) is 4.81. The van der Waals surface area contributed by atoms with Crippen LogP contribution in [0, 0.1) is 5.82 Å².